The van der Waals surface area contributed by atoms with Crippen LogP contribution in [0.25, 0.3) is 11.4 Å². The third-order valence-corrected chi connectivity index (χ3v) is 4.84. The van der Waals surface area contributed by atoms with Gasteiger partial charge in [-0.05, 0) is 58.5 Å². The van der Waals surface area contributed by atoms with Crippen LogP contribution in [0.3, 0.4) is 0 Å². The molecular formula is C16H11BrCl2N4OS. The third-order valence-electron chi connectivity index (χ3n) is 3.13. The average molecular weight is 458 g/mol. The number of benzene rings is 2. The molecule has 3 rings (SSSR count). The van der Waals surface area contributed by atoms with Crippen LogP contribution in [0.1, 0.15) is 5.89 Å². The Morgan fingerprint density at radius 2 is 2.04 bits per heavy atom. The molecule has 0 atom stereocenters. The van der Waals surface area contributed by atoms with E-state index in [1.54, 1.807) is 18.2 Å². The lowest BCUT2D eigenvalue weighted by Gasteiger charge is -2.09. The summed E-state index contributed by atoms with van der Waals surface area (Å²) in [5, 5.41) is 11.6. The van der Waals surface area contributed by atoms with E-state index in [1.807, 2.05) is 24.3 Å². The van der Waals surface area contributed by atoms with Gasteiger partial charge in [-0.15, -0.1) is 0 Å². The summed E-state index contributed by atoms with van der Waals surface area (Å²) in [6.07, 6.45) is 0. The summed E-state index contributed by atoms with van der Waals surface area (Å²) in [5.41, 5.74) is 1.56. The van der Waals surface area contributed by atoms with Crippen LogP contribution < -0.4 is 10.6 Å². The van der Waals surface area contributed by atoms with E-state index >= 15 is 0 Å². The number of thiocarbonyl (C=S) groups is 1. The SMILES string of the molecule is S=C(NCc1nc(-c2cccc(Cl)c2)no1)Nc1ccc(Br)c(Cl)c1. The molecule has 0 bridgehead atoms. The standard InChI is InChI=1S/C16H11BrCl2N4OS/c17-12-5-4-11(7-13(12)19)21-16(25)20-8-14-22-15(23-24-14)9-2-1-3-10(18)6-9/h1-7H,8H2,(H2,20,21,25). The van der Waals surface area contributed by atoms with Gasteiger partial charge in [0, 0.05) is 20.7 Å². The zero-order valence-corrected chi connectivity index (χ0v) is 16.5. The molecule has 9 heteroatoms. The largest absolute Gasteiger partial charge is 0.353 e. The maximum absolute atomic E-state index is 6.05. The van der Waals surface area contributed by atoms with E-state index in [-0.39, 0.29) is 0 Å². The first kappa shape index (κ1) is 18.1. The van der Waals surface area contributed by atoms with E-state index in [4.69, 9.17) is 39.9 Å². The first-order valence-electron chi connectivity index (χ1n) is 7.10. The van der Waals surface area contributed by atoms with Crippen molar-refractivity contribution in [3.05, 3.63) is 62.9 Å². The second-order valence-corrected chi connectivity index (χ2v) is 7.06. The second-order valence-electron chi connectivity index (χ2n) is 4.96. The minimum absolute atomic E-state index is 0.295. The van der Waals surface area contributed by atoms with Crippen molar-refractivity contribution in [1.29, 1.82) is 0 Å². The van der Waals surface area contributed by atoms with Crippen molar-refractivity contribution in [3.63, 3.8) is 0 Å². The number of nitrogens with zero attached hydrogens (tertiary/aromatic N) is 2. The van der Waals surface area contributed by atoms with Gasteiger partial charge in [0.05, 0.1) is 11.6 Å². The van der Waals surface area contributed by atoms with E-state index < -0.39 is 0 Å². The summed E-state index contributed by atoms with van der Waals surface area (Å²) < 4.78 is 6.03. The minimum Gasteiger partial charge on any atom is -0.353 e. The van der Waals surface area contributed by atoms with Crippen LogP contribution >= 0.6 is 51.3 Å². The van der Waals surface area contributed by atoms with Gasteiger partial charge in [-0.25, -0.2) is 0 Å². The van der Waals surface area contributed by atoms with E-state index in [1.165, 1.54) is 0 Å². The number of aromatic nitrogens is 2. The van der Waals surface area contributed by atoms with Crippen molar-refractivity contribution in [3.8, 4) is 11.4 Å². The average Bonchev–Trinajstić information content (AvgIpc) is 3.05. The van der Waals surface area contributed by atoms with Gasteiger partial charge in [0.25, 0.3) is 0 Å². The molecule has 0 unspecified atom stereocenters. The molecule has 2 N–H and O–H groups in total. The molecule has 0 aliphatic heterocycles. The van der Waals surface area contributed by atoms with Crippen LogP contribution in [0, 0.1) is 0 Å². The molecule has 5 nitrogen and oxygen atoms in total. The number of hydrogen-bond acceptors (Lipinski definition) is 4. The fourth-order valence-electron chi connectivity index (χ4n) is 1.98. The molecule has 0 fully saturated rings. The topological polar surface area (TPSA) is 63.0 Å². The van der Waals surface area contributed by atoms with E-state index in [9.17, 15) is 0 Å². The maximum atomic E-state index is 6.05. The fourth-order valence-corrected chi connectivity index (χ4v) is 2.78. The molecule has 0 aliphatic carbocycles. The smallest absolute Gasteiger partial charge is 0.246 e. The Hall–Kier alpha value is -1.67. The molecule has 0 spiro atoms. The van der Waals surface area contributed by atoms with E-state index in [0.717, 1.165) is 15.7 Å². The van der Waals surface area contributed by atoms with Crippen LogP contribution in [0.4, 0.5) is 5.69 Å². The first-order chi connectivity index (χ1) is 12.0. The summed E-state index contributed by atoms with van der Waals surface area (Å²) in [6.45, 7) is 0.295. The predicted octanol–water partition coefficient (Wildman–Crippen LogP) is 5.29. The van der Waals surface area contributed by atoms with Gasteiger partial charge in [-0.3, -0.25) is 0 Å². The lowest BCUT2D eigenvalue weighted by atomic mass is 10.2. The van der Waals surface area contributed by atoms with E-state index in [0.29, 0.717) is 33.4 Å². The van der Waals surface area contributed by atoms with Crippen molar-refractivity contribution in [2.75, 3.05) is 5.32 Å². The zero-order valence-electron chi connectivity index (χ0n) is 12.6. The normalized spacial score (nSPS) is 10.5. The molecule has 0 saturated heterocycles. The summed E-state index contributed by atoms with van der Waals surface area (Å²) >= 11 is 20.6. The van der Waals surface area contributed by atoms with Gasteiger partial charge in [0.1, 0.15) is 0 Å². The van der Waals surface area contributed by atoms with Gasteiger partial charge in [-0.1, -0.05) is 40.5 Å². The Morgan fingerprint density at radius 3 is 2.80 bits per heavy atom. The summed E-state index contributed by atoms with van der Waals surface area (Å²) in [4.78, 5) is 4.31. The lowest BCUT2D eigenvalue weighted by molar-refractivity contribution is 0.376. The molecule has 0 radical (unpaired) electrons. The number of nitrogens with one attached hydrogen (secondary N) is 2. The molecule has 1 heterocycles. The van der Waals surface area contributed by atoms with Crippen molar-refractivity contribution in [1.82, 2.24) is 15.5 Å². The lowest BCUT2D eigenvalue weighted by Crippen LogP contribution is -2.28. The highest BCUT2D eigenvalue weighted by Gasteiger charge is 2.09. The Labute approximate surface area is 167 Å². The maximum Gasteiger partial charge on any atom is 0.246 e. The third kappa shape index (κ3) is 4.92. The second kappa shape index (κ2) is 8.14. The molecule has 3 aromatic rings. The van der Waals surface area contributed by atoms with Crippen molar-refractivity contribution >= 4 is 62.1 Å². The van der Waals surface area contributed by atoms with Crippen molar-refractivity contribution < 1.29 is 4.52 Å². The predicted molar refractivity (Wildman–Crippen MR) is 107 cm³/mol. The van der Waals surface area contributed by atoms with Crippen LogP contribution in [0.2, 0.25) is 10.0 Å². The van der Waals surface area contributed by atoms with Crippen LogP contribution in [0.5, 0.6) is 0 Å². The molecule has 128 valence electrons. The molecule has 0 saturated carbocycles. The Balaban J connectivity index is 1.58. The fraction of sp³-hybridized carbons (Fsp3) is 0.0625. The summed E-state index contributed by atoms with van der Waals surface area (Å²) in [7, 11) is 0. The minimum atomic E-state index is 0.295. The zero-order chi connectivity index (χ0) is 17.8. The van der Waals surface area contributed by atoms with Gasteiger partial charge in [0.15, 0.2) is 5.11 Å². The summed E-state index contributed by atoms with van der Waals surface area (Å²) in [5.74, 6) is 0.880. The molecule has 0 amide bonds. The van der Waals surface area contributed by atoms with Crippen LogP contribution in [0.15, 0.2) is 51.5 Å². The highest BCUT2D eigenvalue weighted by atomic mass is 79.9. The molecule has 25 heavy (non-hydrogen) atoms. The van der Waals surface area contributed by atoms with Gasteiger partial charge >= 0.3 is 0 Å². The first-order valence-corrected chi connectivity index (χ1v) is 9.05. The molecule has 1 aromatic heterocycles. The van der Waals surface area contributed by atoms with Crippen LogP contribution in [-0.4, -0.2) is 15.3 Å². The molecular weight excluding hydrogens is 447 g/mol. The Kier molecular flexibility index (Phi) is 5.90. The highest BCUT2D eigenvalue weighted by Crippen LogP contribution is 2.25. The van der Waals surface area contributed by atoms with Gasteiger partial charge < -0.3 is 15.2 Å². The van der Waals surface area contributed by atoms with E-state index in [2.05, 4.69) is 36.7 Å². The molecule has 2 aromatic carbocycles. The number of anilines is 1. The summed E-state index contributed by atoms with van der Waals surface area (Å²) in [6, 6.07) is 12.7. The number of halogens is 3. The van der Waals surface area contributed by atoms with Crippen LogP contribution in [-0.2, 0) is 6.54 Å². The van der Waals surface area contributed by atoms with Crippen molar-refractivity contribution in [2.45, 2.75) is 6.54 Å². The highest BCUT2D eigenvalue weighted by molar-refractivity contribution is 9.10. The monoisotopic (exact) mass is 456 g/mol. The Bertz CT molecular complexity index is 919. The number of rotatable bonds is 4. The quantitative estimate of drug-likeness (QED) is 0.518. The van der Waals surface area contributed by atoms with Crippen molar-refractivity contribution in [2.24, 2.45) is 0 Å². The van der Waals surface area contributed by atoms with Gasteiger partial charge in [0.2, 0.25) is 11.7 Å². The Morgan fingerprint density at radius 1 is 1.20 bits per heavy atom. The van der Waals surface area contributed by atoms with Gasteiger partial charge in [-0.2, -0.15) is 4.98 Å². The number of hydrogen-bond donors (Lipinski definition) is 2. The molecule has 0 aliphatic rings.